The number of fused-ring (bicyclic) bond motifs is 3. The molecule has 190 valence electrons. The van der Waals surface area contributed by atoms with Crippen LogP contribution in [0, 0.1) is 5.92 Å². The van der Waals surface area contributed by atoms with Crippen LogP contribution in [0.5, 0.6) is 0 Å². The lowest BCUT2D eigenvalue weighted by molar-refractivity contribution is -0.142. The van der Waals surface area contributed by atoms with Crippen molar-refractivity contribution in [2.45, 2.75) is 39.2 Å². The second kappa shape index (κ2) is 11.7. The third-order valence-electron chi connectivity index (χ3n) is 6.28. The Labute approximate surface area is 217 Å². The zero-order chi connectivity index (χ0) is 26.4. The number of amides is 1. The van der Waals surface area contributed by atoms with E-state index in [-0.39, 0.29) is 30.0 Å². The minimum Gasteiger partial charge on any atom is -0.449 e. The van der Waals surface area contributed by atoms with E-state index in [2.05, 4.69) is 17.4 Å². The fraction of sp³-hybridized carbons (Fsp3) is 0.258. The molecule has 0 unspecified atom stereocenters. The maximum absolute atomic E-state index is 12.9. The summed E-state index contributed by atoms with van der Waals surface area (Å²) in [5.74, 6) is -0.723. The van der Waals surface area contributed by atoms with E-state index in [0.29, 0.717) is 12.0 Å². The smallest absolute Gasteiger partial charge is 0.407 e. The molecule has 3 aromatic rings. The number of rotatable bonds is 9. The van der Waals surface area contributed by atoms with E-state index in [1.54, 1.807) is 31.2 Å². The van der Waals surface area contributed by atoms with Crippen molar-refractivity contribution in [1.29, 1.82) is 0 Å². The highest BCUT2D eigenvalue weighted by molar-refractivity contribution is 6.04. The second-order valence-electron chi connectivity index (χ2n) is 9.56. The average molecular weight is 498 g/mol. The number of allylic oxidation sites excluding steroid dienone is 2. The van der Waals surface area contributed by atoms with Crippen molar-refractivity contribution < 1.29 is 23.9 Å². The Balaban J connectivity index is 1.39. The molecule has 1 N–H and O–H groups in total. The number of carbonyl (C=O) groups excluding carboxylic acids is 3. The summed E-state index contributed by atoms with van der Waals surface area (Å²) in [5, 5.41) is 2.66. The number of benzene rings is 3. The fourth-order valence-corrected chi connectivity index (χ4v) is 4.60. The van der Waals surface area contributed by atoms with Gasteiger partial charge in [-0.25, -0.2) is 9.59 Å². The van der Waals surface area contributed by atoms with E-state index in [1.807, 2.05) is 56.3 Å². The molecule has 0 bridgehead atoms. The standard InChI is InChI=1S/C31H31NO5/c1-20(2)17-28(30(34)37-21(3)18-29(33)22-11-5-4-6-12-22)32-31(35)36-19-27-25-15-9-7-13-23(25)24-14-8-10-16-26(24)27/h4-16,18,20,27-28H,17,19H2,1-3H3,(H,32,35)/b21-18+/t28-/m0/s1. The van der Waals surface area contributed by atoms with Crippen LogP contribution in [0.4, 0.5) is 4.79 Å². The molecule has 1 aliphatic rings. The van der Waals surface area contributed by atoms with Gasteiger partial charge in [0, 0.05) is 17.6 Å². The first-order valence-corrected chi connectivity index (χ1v) is 12.4. The molecule has 0 aliphatic heterocycles. The normalized spacial score (nSPS) is 13.5. The van der Waals surface area contributed by atoms with Crippen LogP contribution >= 0.6 is 0 Å². The topological polar surface area (TPSA) is 81.7 Å². The maximum atomic E-state index is 12.9. The van der Waals surface area contributed by atoms with Gasteiger partial charge in [0.05, 0.1) is 0 Å². The van der Waals surface area contributed by atoms with E-state index in [9.17, 15) is 14.4 Å². The molecule has 4 rings (SSSR count). The number of carbonyl (C=O) groups is 3. The number of ether oxygens (including phenoxy) is 2. The molecule has 0 saturated heterocycles. The highest BCUT2D eigenvalue weighted by Gasteiger charge is 2.30. The fourth-order valence-electron chi connectivity index (χ4n) is 4.60. The Morgan fingerprint density at radius 1 is 0.865 bits per heavy atom. The summed E-state index contributed by atoms with van der Waals surface area (Å²) < 4.78 is 11.0. The van der Waals surface area contributed by atoms with Gasteiger partial charge in [-0.15, -0.1) is 0 Å². The maximum Gasteiger partial charge on any atom is 0.407 e. The number of nitrogens with one attached hydrogen (secondary N) is 1. The molecule has 1 amide bonds. The van der Waals surface area contributed by atoms with Gasteiger partial charge in [-0.05, 0) is 41.5 Å². The molecular formula is C31H31NO5. The summed E-state index contributed by atoms with van der Waals surface area (Å²) in [6, 6.07) is 24.0. The quantitative estimate of drug-likeness (QED) is 0.163. The predicted molar refractivity (Wildman–Crippen MR) is 142 cm³/mol. The van der Waals surface area contributed by atoms with Crippen LogP contribution in [0.15, 0.2) is 90.7 Å². The number of esters is 1. The molecule has 3 aromatic carbocycles. The molecule has 0 radical (unpaired) electrons. The van der Waals surface area contributed by atoms with Crippen LogP contribution in [-0.4, -0.2) is 30.5 Å². The van der Waals surface area contributed by atoms with E-state index < -0.39 is 18.1 Å². The average Bonchev–Trinajstić information content (AvgIpc) is 3.21. The van der Waals surface area contributed by atoms with Gasteiger partial charge in [-0.1, -0.05) is 92.7 Å². The van der Waals surface area contributed by atoms with Crippen molar-refractivity contribution in [2.24, 2.45) is 5.92 Å². The minimum atomic E-state index is -0.911. The third-order valence-corrected chi connectivity index (χ3v) is 6.28. The zero-order valence-electron chi connectivity index (χ0n) is 21.3. The van der Waals surface area contributed by atoms with Gasteiger partial charge in [0.15, 0.2) is 5.78 Å². The Bertz CT molecular complexity index is 1270. The van der Waals surface area contributed by atoms with Crippen LogP contribution in [-0.2, 0) is 14.3 Å². The second-order valence-corrected chi connectivity index (χ2v) is 9.56. The molecule has 0 aromatic heterocycles. The molecule has 0 heterocycles. The lowest BCUT2D eigenvalue weighted by Crippen LogP contribution is -2.43. The summed E-state index contributed by atoms with van der Waals surface area (Å²) >= 11 is 0. The van der Waals surface area contributed by atoms with E-state index >= 15 is 0 Å². The van der Waals surface area contributed by atoms with Gasteiger partial charge in [0.1, 0.15) is 18.4 Å². The monoisotopic (exact) mass is 497 g/mol. The largest absolute Gasteiger partial charge is 0.449 e. The van der Waals surface area contributed by atoms with Gasteiger partial charge < -0.3 is 14.8 Å². The highest BCUT2D eigenvalue weighted by Crippen LogP contribution is 2.44. The minimum absolute atomic E-state index is 0.0807. The molecule has 0 fully saturated rings. The molecule has 6 heteroatoms. The van der Waals surface area contributed by atoms with Crippen molar-refractivity contribution in [3.8, 4) is 11.1 Å². The first-order chi connectivity index (χ1) is 17.8. The molecule has 0 saturated carbocycles. The molecule has 0 spiro atoms. The summed E-state index contributed by atoms with van der Waals surface area (Å²) in [5.41, 5.74) is 4.99. The summed E-state index contributed by atoms with van der Waals surface area (Å²) in [4.78, 5) is 38.0. The molecule has 1 aliphatic carbocycles. The number of hydrogen-bond acceptors (Lipinski definition) is 5. The summed E-state index contributed by atoms with van der Waals surface area (Å²) in [6.07, 6.45) is 0.946. The van der Waals surface area contributed by atoms with E-state index in [1.165, 1.54) is 6.08 Å². The van der Waals surface area contributed by atoms with Crippen molar-refractivity contribution in [1.82, 2.24) is 5.32 Å². The Morgan fingerprint density at radius 2 is 1.43 bits per heavy atom. The molecule has 37 heavy (non-hydrogen) atoms. The number of ketones is 1. The molecular weight excluding hydrogens is 466 g/mol. The van der Waals surface area contributed by atoms with Crippen LogP contribution in [0.25, 0.3) is 11.1 Å². The SMILES string of the molecule is C/C(=C\C(=O)c1ccccc1)OC(=O)[C@H](CC(C)C)NC(=O)OCC1c2ccccc2-c2ccccc21. The Kier molecular flexibility index (Phi) is 8.18. The zero-order valence-corrected chi connectivity index (χ0v) is 21.3. The van der Waals surface area contributed by atoms with Crippen LogP contribution in [0.3, 0.4) is 0 Å². The number of alkyl carbamates (subject to hydrolysis) is 1. The van der Waals surface area contributed by atoms with E-state index in [4.69, 9.17) is 9.47 Å². The van der Waals surface area contributed by atoms with Crippen LogP contribution < -0.4 is 5.32 Å². The van der Waals surface area contributed by atoms with E-state index in [0.717, 1.165) is 22.3 Å². The number of hydrogen-bond donors (Lipinski definition) is 1. The van der Waals surface area contributed by atoms with Crippen molar-refractivity contribution in [3.63, 3.8) is 0 Å². The van der Waals surface area contributed by atoms with Gasteiger partial charge in [0.25, 0.3) is 0 Å². The highest BCUT2D eigenvalue weighted by atomic mass is 16.6. The lowest BCUT2D eigenvalue weighted by atomic mass is 9.98. The predicted octanol–water partition coefficient (Wildman–Crippen LogP) is 6.27. The lowest BCUT2D eigenvalue weighted by Gasteiger charge is -2.20. The van der Waals surface area contributed by atoms with Crippen molar-refractivity contribution >= 4 is 17.8 Å². The van der Waals surface area contributed by atoms with Gasteiger partial charge in [-0.2, -0.15) is 0 Å². The van der Waals surface area contributed by atoms with Crippen LogP contribution in [0.1, 0.15) is 54.6 Å². The first-order valence-electron chi connectivity index (χ1n) is 12.4. The van der Waals surface area contributed by atoms with Gasteiger partial charge in [-0.3, -0.25) is 4.79 Å². The Hall–Kier alpha value is -4.19. The molecule has 1 atom stereocenters. The Morgan fingerprint density at radius 3 is 2.03 bits per heavy atom. The van der Waals surface area contributed by atoms with Crippen molar-refractivity contribution in [3.05, 3.63) is 107 Å². The van der Waals surface area contributed by atoms with Gasteiger partial charge >= 0.3 is 12.1 Å². The van der Waals surface area contributed by atoms with Crippen LogP contribution in [0.2, 0.25) is 0 Å². The molecule has 6 nitrogen and oxygen atoms in total. The third kappa shape index (κ3) is 6.33. The summed E-state index contributed by atoms with van der Waals surface area (Å²) in [7, 11) is 0. The first kappa shape index (κ1) is 25.9. The summed E-state index contributed by atoms with van der Waals surface area (Å²) in [6.45, 7) is 5.58. The van der Waals surface area contributed by atoms with Gasteiger partial charge in [0.2, 0.25) is 0 Å². The van der Waals surface area contributed by atoms with Crippen molar-refractivity contribution in [2.75, 3.05) is 6.61 Å².